The van der Waals surface area contributed by atoms with E-state index in [9.17, 15) is 48.8 Å². The number of anilines is 1. The fourth-order valence-electron chi connectivity index (χ4n) is 4.68. The van der Waals surface area contributed by atoms with Gasteiger partial charge in [-0.2, -0.15) is 4.98 Å². The zero-order valence-corrected chi connectivity index (χ0v) is 25.8. The number of nitrogens with zero attached hydrogens (tertiary/aromatic N) is 4. The molecule has 0 saturated carbocycles. The maximum Gasteiger partial charge on any atom is 0.472 e. The standard InChI is InChI=1S/C10H12N5O7P.C9H12N2O6.C5H6O4/c11-10-13-7-4(8(17)14-10)12-2-15(7)9-5(16)6-3(21-9)1-20-23(18,19)22-6;12-3-4-6(14)7(15)8(17-4)11-2-1-5(13)10-9(11)16;1-3(5(8)9)2-4(6)7/h2-3,5-6,9,16H,1H2,(H,18,19)(H3,11,13,14,17);1-2,4,6-8,12,14-15H,3H2,(H,10,13,16);2H,1H3,(H,6,7)(H,8,9)/b;;3-2-/t3-,5-,6-,9-;4-,6-,7-,8-;/m11./s1. The van der Waals surface area contributed by atoms with Crippen molar-refractivity contribution in [1.29, 1.82) is 0 Å². The first-order valence-electron chi connectivity index (χ1n) is 13.7. The Hall–Kier alpha value is -4.62. The van der Waals surface area contributed by atoms with Gasteiger partial charge >= 0.3 is 25.5 Å². The molecule has 25 heteroatoms. The van der Waals surface area contributed by atoms with Gasteiger partial charge in [0.05, 0.1) is 19.5 Å². The van der Waals surface area contributed by atoms with Crippen LogP contribution in [0.15, 0.2) is 44.6 Å². The highest BCUT2D eigenvalue weighted by molar-refractivity contribution is 7.47. The Labute approximate surface area is 270 Å². The van der Waals surface area contributed by atoms with Crippen molar-refractivity contribution < 1.29 is 68.2 Å². The van der Waals surface area contributed by atoms with Crippen molar-refractivity contribution in [3.63, 3.8) is 0 Å². The fourth-order valence-corrected chi connectivity index (χ4v) is 5.64. The number of phosphoric ester groups is 1. The smallest absolute Gasteiger partial charge is 0.472 e. The summed E-state index contributed by atoms with van der Waals surface area (Å²) in [6.07, 6.45) is -5.79. The maximum atomic E-state index is 11.8. The highest BCUT2D eigenvalue weighted by atomic mass is 31.2. The Kier molecular flexibility index (Phi) is 11.3. The van der Waals surface area contributed by atoms with Gasteiger partial charge in [0.15, 0.2) is 23.6 Å². The first-order chi connectivity index (χ1) is 22.9. The van der Waals surface area contributed by atoms with E-state index in [4.69, 9.17) is 35.1 Å². The number of aliphatic hydroxyl groups excluding tert-OH is 4. The van der Waals surface area contributed by atoms with Crippen LogP contribution in [0, 0.1) is 0 Å². The van der Waals surface area contributed by atoms with Gasteiger partial charge < -0.3 is 50.7 Å². The summed E-state index contributed by atoms with van der Waals surface area (Å²) in [6, 6.07) is 1.09. The number of carboxylic acid groups (broad SMARTS) is 2. The Bertz CT molecular complexity index is 1960. The molecule has 9 atom stereocenters. The predicted octanol–water partition coefficient (Wildman–Crippen LogP) is -4.27. The summed E-state index contributed by atoms with van der Waals surface area (Å²) >= 11 is 0. The second kappa shape index (κ2) is 14.9. The number of rotatable bonds is 5. The van der Waals surface area contributed by atoms with Crippen LogP contribution in [-0.4, -0.2) is 126 Å². The largest absolute Gasteiger partial charge is 0.478 e. The molecule has 268 valence electrons. The molecule has 0 aliphatic carbocycles. The molecular weight excluding hydrogens is 689 g/mol. The second-order valence-electron chi connectivity index (χ2n) is 10.4. The first kappa shape index (κ1) is 37.2. The van der Waals surface area contributed by atoms with Crippen LogP contribution in [0.5, 0.6) is 0 Å². The van der Waals surface area contributed by atoms with Crippen LogP contribution in [0.3, 0.4) is 0 Å². The van der Waals surface area contributed by atoms with E-state index in [0.29, 0.717) is 6.08 Å². The third-order valence-electron chi connectivity index (χ3n) is 7.01. The normalized spacial score (nSPS) is 30.9. The molecule has 11 N–H and O–H groups in total. The lowest BCUT2D eigenvalue weighted by Crippen LogP contribution is -2.39. The number of phosphoric acid groups is 1. The molecule has 3 aromatic heterocycles. The summed E-state index contributed by atoms with van der Waals surface area (Å²) in [5.74, 6) is -2.57. The molecule has 3 aromatic rings. The fraction of sp³-hybridized carbons (Fsp3) is 0.458. The zero-order chi connectivity index (χ0) is 36.4. The van der Waals surface area contributed by atoms with E-state index in [1.807, 2.05) is 4.98 Å². The van der Waals surface area contributed by atoms with Gasteiger partial charge in [0.1, 0.15) is 36.6 Å². The number of H-pyrrole nitrogens is 2. The minimum absolute atomic E-state index is 0.0230. The van der Waals surface area contributed by atoms with Crippen LogP contribution in [0.25, 0.3) is 11.2 Å². The van der Waals surface area contributed by atoms with E-state index >= 15 is 0 Å². The van der Waals surface area contributed by atoms with Crippen molar-refractivity contribution in [3.8, 4) is 0 Å². The highest BCUT2D eigenvalue weighted by Crippen LogP contribution is 2.52. The number of imidazole rings is 1. The number of nitrogen functional groups attached to an aromatic ring is 1. The van der Waals surface area contributed by atoms with Gasteiger partial charge in [-0.25, -0.2) is 23.9 Å². The number of hydrogen-bond acceptors (Lipinski definition) is 17. The molecule has 0 aromatic carbocycles. The summed E-state index contributed by atoms with van der Waals surface area (Å²) < 4.78 is 34.0. The number of aromatic amines is 2. The third kappa shape index (κ3) is 8.34. The van der Waals surface area contributed by atoms with Gasteiger partial charge in [0.25, 0.3) is 11.1 Å². The molecule has 3 saturated heterocycles. The number of hydrogen-bond donors (Lipinski definition) is 10. The lowest BCUT2D eigenvalue weighted by Gasteiger charge is -2.27. The van der Waals surface area contributed by atoms with Crippen molar-refractivity contribution in [3.05, 3.63) is 61.4 Å². The molecule has 6 rings (SSSR count). The average molecular weight is 720 g/mol. The Balaban J connectivity index is 0.000000183. The summed E-state index contributed by atoms with van der Waals surface area (Å²) in [6.45, 7) is 0.526. The molecule has 3 aliphatic heterocycles. The lowest BCUT2D eigenvalue weighted by molar-refractivity contribution is -0.135. The Morgan fingerprint density at radius 3 is 2.33 bits per heavy atom. The lowest BCUT2D eigenvalue weighted by atomic mass is 10.1. The SMILES string of the molecule is C/C(=C/C(=O)O)C(=O)O.Nc1nc2c(ncn2[C@@H]2O[C@@H]3COP(=O)(O)O[C@H]3[C@H]2O)c(=O)[nH]1.O=c1ccn([C@@H]2O[C@H](CO)[C@@H](O)[C@H]2O)c(=O)[nH]1. The number of nitrogens with one attached hydrogen (secondary N) is 2. The van der Waals surface area contributed by atoms with Crippen molar-refractivity contribution in [1.82, 2.24) is 29.1 Å². The topological polar surface area (TPSA) is 374 Å². The van der Waals surface area contributed by atoms with Crippen molar-refractivity contribution >= 4 is 36.9 Å². The first-order valence-corrected chi connectivity index (χ1v) is 15.2. The van der Waals surface area contributed by atoms with Crippen molar-refractivity contribution in [2.45, 2.75) is 56.0 Å². The van der Waals surface area contributed by atoms with Crippen LogP contribution in [-0.2, 0) is 32.7 Å². The predicted molar refractivity (Wildman–Crippen MR) is 156 cm³/mol. The number of nitrogens with two attached hydrogens (primary N) is 1. The van der Waals surface area contributed by atoms with Crippen LogP contribution >= 0.6 is 7.82 Å². The minimum Gasteiger partial charge on any atom is -0.478 e. The highest BCUT2D eigenvalue weighted by Gasteiger charge is 2.52. The van der Waals surface area contributed by atoms with Crippen molar-refractivity contribution in [2.24, 2.45) is 0 Å². The van der Waals surface area contributed by atoms with Crippen molar-refractivity contribution in [2.75, 3.05) is 18.9 Å². The average Bonchev–Trinajstić information content (AvgIpc) is 3.66. The van der Waals surface area contributed by atoms with Crippen LogP contribution < -0.4 is 22.5 Å². The third-order valence-corrected chi connectivity index (χ3v) is 8.00. The zero-order valence-electron chi connectivity index (χ0n) is 24.9. The van der Waals surface area contributed by atoms with Gasteiger partial charge in [-0.1, -0.05) is 0 Å². The number of aromatic nitrogens is 6. The monoisotopic (exact) mass is 719 g/mol. The quantitative estimate of drug-likeness (QED) is 0.0881. The Morgan fingerprint density at radius 2 is 1.76 bits per heavy atom. The molecule has 6 heterocycles. The number of carboxylic acids is 2. The summed E-state index contributed by atoms with van der Waals surface area (Å²) in [4.78, 5) is 75.3. The number of carbonyl (C=O) groups is 2. The second-order valence-corrected chi connectivity index (χ2v) is 11.8. The molecule has 24 nitrogen and oxygen atoms in total. The van der Waals surface area contributed by atoms with Gasteiger partial charge in [0, 0.05) is 23.9 Å². The summed E-state index contributed by atoms with van der Waals surface area (Å²) in [5, 5.41) is 54.5. The van der Waals surface area contributed by atoms with Gasteiger partial charge in [-0.3, -0.25) is 37.7 Å². The molecule has 0 bridgehead atoms. The summed E-state index contributed by atoms with van der Waals surface area (Å²) in [5.41, 5.74) is 3.61. The van der Waals surface area contributed by atoms with Crippen LogP contribution in [0.4, 0.5) is 5.95 Å². The summed E-state index contributed by atoms with van der Waals surface area (Å²) in [7, 11) is -4.22. The molecule has 0 amide bonds. The Morgan fingerprint density at radius 1 is 1.08 bits per heavy atom. The van der Waals surface area contributed by atoms with E-state index < -0.39 is 92.3 Å². The van der Waals surface area contributed by atoms with E-state index in [-0.39, 0.29) is 29.3 Å². The molecule has 3 fully saturated rings. The molecule has 0 spiro atoms. The number of aliphatic carboxylic acids is 2. The number of aliphatic hydroxyl groups is 4. The van der Waals surface area contributed by atoms with Gasteiger partial charge in [-0.05, 0) is 6.92 Å². The van der Waals surface area contributed by atoms with E-state index in [1.165, 1.54) is 17.8 Å². The molecule has 0 radical (unpaired) electrons. The molecule has 49 heavy (non-hydrogen) atoms. The maximum absolute atomic E-state index is 11.8. The minimum atomic E-state index is -4.22. The molecule has 3 aliphatic rings. The number of fused-ring (bicyclic) bond motifs is 2. The van der Waals surface area contributed by atoms with E-state index in [0.717, 1.165) is 16.8 Å². The van der Waals surface area contributed by atoms with Gasteiger partial charge in [-0.15, -0.1) is 0 Å². The van der Waals surface area contributed by atoms with E-state index in [2.05, 4.69) is 19.5 Å². The number of ether oxygens (including phenoxy) is 2. The van der Waals surface area contributed by atoms with E-state index in [1.54, 1.807) is 0 Å². The molecular formula is C24H30N7O17P. The van der Waals surface area contributed by atoms with Crippen LogP contribution in [0.2, 0.25) is 0 Å². The van der Waals surface area contributed by atoms with Crippen LogP contribution in [0.1, 0.15) is 19.4 Å². The van der Waals surface area contributed by atoms with Gasteiger partial charge in [0.2, 0.25) is 5.95 Å². The molecule has 1 unspecified atom stereocenters.